The van der Waals surface area contributed by atoms with E-state index in [9.17, 15) is 19.8 Å². The Morgan fingerprint density at radius 2 is 1.35 bits per heavy atom. The van der Waals surface area contributed by atoms with Crippen LogP contribution in [-0.4, -0.2) is 79.9 Å². The maximum atomic E-state index is 11.9. The van der Waals surface area contributed by atoms with Crippen molar-refractivity contribution in [3.05, 3.63) is 83.7 Å². The number of benzene rings is 2. The van der Waals surface area contributed by atoms with E-state index >= 15 is 0 Å². The summed E-state index contributed by atoms with van der Waals surface area (Å²) in [5.74, 6) is 0.152. The van der Waals surface area contributed by atoms with Gasteiger partial charge < -0.3 is 39.8 Å². The van der Waals surface area contributed by atoms with E-state index in [0.717, 1.165) is 5.56 Å². The molecule has 11 nitrogen and oxygen atoms in total. The summed E-state index contributed by atoms with van der Waals surface area (Å²) < 4.78 is 21.5. The molecule has 0 atom stereocenters. The van der Waals surface area contributed by atoms with E-state index in [2.05, 4.69) is 15.6 Å². The van der Waals surface area contributed by atoms with Gasteiger partial charge in [-0.25, -0.2) is 4.79 Å². The summed E-state index contributed by atoms with van der Waals surface area (Å²) in [5, 5.41) is 24.4. The van der Waals surface area contributed by atoms with Crippen LogP contribution in [0.3, 0.4) is 0 Å². The number of ether oxygens (including phenoxy) is 4. The first-order chi connectivity index (χ1) is 19.5. The number of rotatable bonds is 16. The van der Waals surface area contributed by atoms with Crippen LogP contribution in [0.4, 0.5) is 4.79 Å². The SMILES string of the molecule is O=C(NCCOCCOCCOCCNC(=O)c1cccnc1)Oc1ccc(/C=C/c2cc(O)cc(O)c2)cc1. The third-order valence-electron chi connectivity index (χ3n) is 5.20. The zero-order valence-corrected chi connectivity index (χ0v) is 22.0. The fourth-order valence-corrected chi connectivity index (χ4v) is 3.30. The fourth-order valence-electron chi connectivity index (χ4n) is 3.30. The number of amides is 2. The summed E-state index contributed by atoms with van der Waals surface area (Å²) in [4.78, 5) is 27.7. The van der Waals surface area contributed by atoms with Crippen molar-refractivity contribution in [3.8, 4) is 17.2 Å². The highest BCUT2D eigenvalue weighted by molar-refractivity contribution is 5.93. The van der Waals surface area contributed by atoms with Crippen molar-refractivity contribution in [1.82, 2.24) is 15.6 Å². The van der Waals surface area contributed by atoms with Crippen LogP contribution < -0.4 is 15.4 Å². The molecule has 0 unspecified atom stereocenters. The van der Waals surface area contributed by atoms with Crippen molar-refractivity contribution in [2.75, 3.05) is 52.7 Å². The molecule has 0 saturated heterocycles. The molecule has 0 bridgehead atoms. The molecule has 0 aliphatic heterocycles. The largest absolute Gasteiger partial charge is 0.508 e. The molecule has 11 heteroatoms. The van der Waals surface area contributed by atoms with Gasteiger partial charge in [-0.05, 0) is 47.5 Å². The van der Waals surface area contributed by atoms with Gasteiger partial charge in [0, 0.05) is 31.5 Å². The van der Waals surface area contributed by atoms with Crippen LogP contribution in [0, 0.1) is 0 Å². The van der Waals surface area contributed by atoms with Crippen LogP contribution in [0.25, 0.3) is 12.2 Å². The van der Waals surface area contributed by atoms with Crippen LogP contribution >= 0.6 is 0 Å². The monoisotopic (exact) mass is 551 g/mol. The molecule has 1 heterocycles. The lowest BCUT2D eigenvalue weighted by Crippen LogP contribution is -2.30. The number of hydrogen-bond donors (Lipinski definition) is 4. The minimum Gasteiger partial charge on any atom is -0.508 e. The molecule has 0 radical (unpaired) electrons. The number of phenolic OH excluding ortho intramolecular Hbond substituents is 2. The van der Waals surface area contributed by atoms with Gasteiger partial charge in [0.15, 0.2) is 0 Å². The zero-order chi connectivity index (χ0) is 28.4. The number of phenols is 2. The maximum absolute atomic E-state index is 11.9. The van der Waals surface area contributed by atoms with Crippen LogP contribution in [0.15, 0.2) is 67.0 Å². The summed E-state index contributed by atoms with van der Waals surface area (Å²) in [6.07, 6.45) is 6.07. The summed E-state index contributed by atoms with van der Waals surface area (Å²) in [7, 11) is 0. The van der Waals surface area contributed by atoms with E-state index < -0.39 is 6.09 Å². The fraction of sp³-hybridized carbons (Fsp3) is 0.276. The van der Waals surface area contributed by atoms with E-state index in [1.54, 1.807) is 54.7 Å². The zero-order valence-electron chi connectivity index (χ0n) is 22.0. The Bertz CT molecular complexity index is 1200. The number of nitrogens with one attached hydrogen (secondary N) is 2. The van der Waals surface area contributed by atoms with Gasteiger partial charge in [0.25, 0.3) is 5.91 Å². The molecule has 212 valence electrons. The van der Waals surface area contributed by atoms with E-state index in [4.69, 9.17) is 18.9 Å². The maximum Gasteiger partial charge on any atom is 0.412 e. The first-order valence-corrected chi connectivity index (χ1v) is 12.7. The average molecular weight is 552 g/mol. The van der Waals surface area contributed by atoms with Gasteiger partial charge in [-0.15, -0.1) is 0 Å². The van der Waals surface area contributed by atoms with Gasteiger partial charge in [-0.3, -0.25) is 9.78 Å². The van der Waals surface area contributed by atoms with Gasteiger partial charge in [-0.2, -0.15) is 0 Å². The predicted molar refractivity (Wildman–Crippen MR) is 148 cm³/mol. The van der Waals surface area contributed by atoms with Crippen molar-refractivity contribution in [2.45, 2.75) is 0 Å². The summed E-state index contributed by atoms with van der Waals surface area (Å²) in [5.41, 5.74) is 2.00. The molecule has 1 aromatic heterocycles. The van der Waals surface area contributed by atoms with E-state index in [1.165, 1.54) is 24.4 Å². The van der Waals surface area contributed by atoms with Crippen LogP contribution in [0.2, 0.25) is 0 Å². The van der Waals surface area contributed by atoms with Crippen molar-refractivity contribution >= 4 is 24.2 Å². The third-order valence-corrected chi connectivity index (χ3v) is 5.20. The van der Waals surface area contributed by atoms with Crippen LogP contribution in [0.1, 0.15) is 21.5 Å². The van der Waals surface area contributed by atoms with Crippen molar-refractivity contribution in [3.63, 3.8) is 0 Å². The lowest BCUT2D eigenvalue weighted by molar-refractivity contribution is 0.0158. The Kier molecular flexibility index (Phi) is 12.9. The molecule has 4 N–H and O–H groups in total. The number of carbonyl (C=O) groups is 2. The van der Waals surface area contributed by atoms with Crippen molar-refractivity contribution in [1.29, 1.82) is 0 Å². The molecule has 0 fully saturated rings. The van der Waals surface area contributed by atoms with Crippen LogP contribution in [0.5, 0.6) is 17.2 Å². The number of aromatic nitrogens is 1. The summed E-state index contributed by atoms with van der Waals surface area (Å²) in [6.45, 7) is 2.91. The Hall–Kier alpha value is -4.45. The smallest absolute Gasteiger partial charge is 0.412 e. The number of aromatic hydroxyl groups is 2. The van der Waals surface area contributed by atoms with Crippen LogP contribution in [-0.2, 0) is 14.2 Å². The molecule has 2 aromatic carbocycles. The van der Waals surface area contributed by atoms with Gasteiger partial charge in [0.1, 0.15) is 17.2 Å². The molecule has 0 spiro atoms. The van der Waals surface area contributed by atoms with Crippen molar-refractivity contribution in [2.24, 2.45) is 0 Å². The molecule has 0 aliphatic carbocycles. The minimum absolute atomic E-state index is 0.0205. The molecule has 2 amide bonds. The second-order valence-corrected chi connectivity index (χ2v) is 8.34. The lowest BCUT2D eigenvalue weighted by atomic mass is 10.1. The highest BCUT2D eigenvalue weighted by Gasteiger charge is 2.05. The molecule has 0 saturated carbocycles. The quantitative estimate of drug-likeness (QED) is 0.156. The number of hydrogen-bond acceptors (Lipinski definition) is 9. The van der Waals surface area contributed by atoms with Crippen molar-refractivity contribution < 1.29 is 38.7 Å². The van der Waals surface area contributed by atoms with E-state index in [0.29, 0.717) is 63.1 Å². The Morgan fingerprint density at radius 1 is 0.750 bits per heavy atom. The molecular formula is C29H33N3O8. The van der Waals surface area contributed by atoms with Gasteiger partial charge in [0.2, 0.25) is 0 Å². The summed E-state index contributed by atoms with van der Waals surface area (Å²) >= 11 is 0. The third kappa shape index (κ3) is 11.9. The second-order valence-electron chi connectivity index (χ2n) is 8.34. The standard InChI is InChI=1S/C29H33N3O8/c33-25-18-23(19-26(34)20-25)4-3-22-5-7-27(8-6-22)40-29(36)32-11-13-38-15-17-39-16-14-37-12-10-31-28(35)24-2-1-9-30-21-24/h1-9,18-21,33-34H,10-17H2,(H,31,35)(H,32,36)/b4-3+. The molecular weight excluding hydrogens is 518 g/mol. The second kappa shape index (κ2) is 17.2. The first kappa shape index (κ1) is 30.1. The number of pyridine rings is 1. The summed E-state index contributed by atoms with van der Waals surface area (Å²) in [6, 6.07) is 14.6. The molecule has 40 heavy (non-hydrogen) atoms. The first-order valence-electron chi connectivity index (χ1n) is 12.7. The predicted octanol–water partition coefficient (Wildman–Crippen LogP) is 3.23. The Balaban J connectivity index is 1.15. The van der Waals surface area contributed by atoms with E-state index in [1.807, 2.05) is 0 Å². The van der Waals surface area contributed by atoms with Gasteiger partial charge in [-0.1, -0.05) is 24.3 Å². The molecule has 3 rings (SSSR count). The minimum atomic E-state index is -0.591. The number of carbonyl (C=O) groups excluding carboxylic acids is 2. The Labute approximate surface area is 232 Å². The Morgan fingerprint density at radius 3 is 1.98 bits per heavy atom. The highest BCUT2D eigenvalue weighted by Crippen LogP contribution is 2.22. The van der Waals surface area contributed by atoms with Gasteiger partial charge in [0.05, 0.1) is 45.2 Å². The molecule has 0 aliphatic rings. The average Bonchev–Trinajstić information content (AvgIpc) is 2.95. The normalized spacial score (nSPS) is 10.9. The van der Waals surface area contributed by atoms with Gasteiger partial charge >= 0.3 is 6.09 Å². The topological polar surface area (TPSA) is 148 Å². The van der Waals surface area contributed by atoms with E-state index in [-0.39, 0.29) is 24.0 Å². The molecule has 3 aromatic rings. The lowest BCUT2D eigenvalue weighted by Gasteiger charge is -2.09. The highest BCUT2D eigenvalue weighted by atomic mass is 16.6. The number of nitrogens with zero attached hydrogens (tertiary/aromatic N) is 1.